The standard InChI is InChI=1S/C22H17N3O2/c1-15-9-11-16(12-10-15)24-14-19-17-6-2-3-7-18(17)21(26)25(22(19)27)20-8-4-5-13-23-20/h2-14,27H,1H3. The molecule has 0 unspecified atom stereocenters. The molecule has 0 saturated carbocycles. The van der Waals surface area contributed by atoms with Crippen molar-refractivity contribution < 1.29 is 5.11 Å². The highest BCUT2D eigenvalue weighted by Crippen LogP contribution is 2.26. The van der Waals surface area contributed by atoms with Crippen molar-refractivity contribution in [3.63, 3.8) is 0 Å². The van der Waals surface area contributed by atoms with Crippen LogP contribution in [0.2, 0.25) is 0 Å². The maximum absolute atomic E-state index is 12.9. The molecule has 0 atom stereocenters. The number of rotatable bonds is 3. The molecule has 0 spiro atoms. The number of aromatic nitrogens is 2. The van der Waals surface area contributed by atoms with Gasteiger partial charge in [-0.1, -0.05) is 42.0 Å². The molecule has 4 aromatic rings. The highest BCUT2D eigenvalue weighted by Gasteiger charge is 2.16. The summed E-state index contributed by atoms with van der Waals surface area (Å²) in [5.74, 6) is 0.170. The zero-order valence-corrected chi connectivity index (χ0v) is 14.7. The van der Waals surface area contributed by atoms with E-state index in [9.17, 15) is 9.90 Å². The molecule has 132 valence electrons. The Hall–Kier alpha value is -3.73. The van der Waals surface area contributed by atoms with E-state index in [0.717, 1.165) is 11.3 Å². The molecule has 0 fully saturated rings. The Morgan fingerprint density at radius 3 is 2.37 bits per heavy atom. The lowest BCUT2D eigenvalue weighted by atomic mass is 10.1. The Morgan fingerprint density at radius 2 is 1.67 bits per heavy atom. The van der Waals surface area contributed by atoms with E-state index in [1.807, 2.05) is 37.3 Å². The Kier molecular flexibility index (Phi) is 4.26. The van der Waals surface area contributed by atoms with Crippen molar-refractivity contribution in [1.29, 1.82) is 0 Å². The molecule has 1 N–H and O–H groups in total. The van der Waals surface area contributed by atoms with Crippen LogP contribution in [0, 0.1) is 6.92 Å². The summed E-state index contributed by atoms with van der Waals surface area (Å²) in [7, 11) is 0. The number of fused-ring (bicyclic) bond motifs is 1. The predicted molar refractivity (Wildman–Crippen MR) is 107 cm³/mol. The van der Waals surface area contributed by atoms with Crippen LogP contribution in [-0.2, 0) is 0 Å². The summed E-state index contributed by atoms with van der Waals surface area (Å²) < 4.78 is 1.21. The van der Waals surface area contributed by atoms with Crippen LogP contribution in [0.1, 0.15) is 11.1 Å². The van der Waals surface area contributed by atoms with E-state index in [1.165, 1.54) is 4.57 Å². The average Bonchev–Trinajstić information content (AvgIpc) is 2.70. The first-order valence-electron chi connectivity index (χ1n) is 8.54. The molecule has 2 heterocycles. The molecule has 0 bridgehead atoms. The summed E-state index contributed by atoms with van der Waals surface area (Å²) in [5, 5.41) is 12.0. The maximum atomic E-state index is 12.9. The Balaban J connectivity index is 1.96. The minimum absolute atomic E-state index is 0.187. The normalized spacial score (nSPS) is 11.3. The number of nitrogens with zero attached hydrogens (tertiary/aromatic N) is 3. The van der Waals surface area contributed by atoms with Crippen molar-refractivity contribution in [3.05, 3.63) is 94.4 Å². The van der Waals surface area contributed by atoms with Gasteiger partial charge in [0.15, 0.2) is 0 Å². The molecule has 27 heavy (non-hydrogen) atoms. The van der Waals surface area contributed by atoms with Gasteiger partial charge >= 0.3 is 0 Å². The monoisotopic (exact) mass is 355 g/mol. The van der Waals surface area contributed by atoms with Gasteiger partial charge in [-0.2, -0.15) is 0 Å². The summed E-state index contributed by atoms with van der Waals surface area (Å²) in [6, 6.07) is 20.1. The number of aliphatic imine (C=N–C) groups is 1. The van der Waals surface area contributed by atoms with Crippen LogP contribution in [0.15, 0.2) is 82.7 Å². The third kappa shape index (κ3) is 3.11. The van der Waals surface area contributed by atoms with Gasteiger partial charge in [0, 0.05) is 23.2 Å². The molecule has 0 amide bonds. The Morgan fingerprint density at radius 1 is 0.963 bits per heavy atom. The summed E-state index contributed by atoms with van der Waals surface area (Å²) in [5.41, 5.74) is 2.05. The van der Waals surface area contributed by atoms with E-state index < -0.39 is 0 Å². The van der Waals surface area contributed by atoms with E-state index in [4.69, 9.17) is 0 Å². The topological polar surface area (TPSA) is 67.5 Å². The molecule has 5 nitrogen and oxygen atoms in total. The van der Waals surface area contributed by atoms with Gasteiger partial charge in [0.1, 0.15) is 5.82 Å². The van der Waals surface area contributed by atoms with Crippen LogP contribution < -0.4 is 5.56 Å². The first kappa shape index (κ1) is 16.7. The van der Waals surface area contributed by atoms with E-state index in [0.29, 0.717) is 22.2 Å². The van der Waals surface area contributed by atoms with E-state index in [-0.39, 0.29) is 11.4 Å². The minimum atomic E-state index is -0.325. The lowest BCUT2D eigenvalue weighted by Crippen LogP contribution is -2.20. The predicted octanol–water partition coefficient (Wildman–Crippen LogP) is 4.15. The first-order valence-corrected chi connectivity index (χ1v) is 8.54. The highest BCUT2D eigenvalue weighted by atomic mass is 16.3. The Labute approximate surface area is 155 Å². The fourth-order valence-electron chi connectivity index (χ4n) is 2.96. The number of benzene rings is 2. The SMILES string of the molecule is Cc1ccc(N=Cc2c(O)n(-c3ccccn3)c(=O)c3ccccc23)cc1. The number of hydrogen-bond donors (Lipinski definition) is 1. The molecular weight excluding hydrogens is 338 g/mol. The van der Waals surface area contributed by atoms with Crippen LogP contribution in [0.5, 0.6) is 5.88 Å². The quantitative estimate of drug-likeness (QED) is 0.561. The molecule has 0 aliphatic rings. The molecular formula is C22H17N3O2. The second-order valence-corrected chi connectivity index (χ2v) is 6.21. The first-order chi connectivity index (χ1) is 13.1. The van der Waals surface area contributed by atoms with Crippen molar-refractivity contribution in [2.24, 2.45) is 4.99 Å². The zero-order chi connectivity index (χ0) is 18.8. The molecule has 2 aromatic heterocycles. The summed E-state index contributed by atoms with van der Waals surface area (Å²) in [6.45, 7) is 2.01. The Bertz CT molecular complexity index is 1190. The molecule has 2 aromatic carbocycles. The van der Waals surface area contributed by atoms with Gasteiger partial charge in [-0.15, -0.1) is 0 Å². The molecule has 0 aliphatic heterocycles. The average molecular weight is 355 g/mol. The largest absolute Gasteiger partial charge is 0.494 e. The number of aryl methyl sites for hydroxylation is 1. The molecule has 0 aliphatic carbocycles. The van der Waals surface area contributed by atoms with Gasteiger partial charge in [0.25, 0.3) is 5.56 Å². The van der Waals surface area contributed by atoms with Crippen LogP contribution in [-0.4, -0.2) is 20.9 Å². The number of hydrogen-bond acceptors (Lipinski definition) is 4. The third-order valence-corrected chi connectivity index (χ3v) is 4.36. The van der Waals surface area contributed by atoms with Crippen LogP contribution >= 0.6 is 0 Å². The van der Waals surface area contributed by atoms with Gasteiger partial charge in [-0.3, -0.25) is 9.79 Å². The smallest absolute Gasteiger partial charge is 0.267 e. The number of pyridine rings is 2. The second kappa shape index (κ2) is 6.88. The fraction of sp³-hybridized carbons (Fsp3) is 0.0455. The highest BCUT2D eigenvalue weighted by molar-refractivity contribution is 6.02. The van der Waals surface area contributed by atoms with Gasteiger partial charge in [0.2, 0.25) is 5.88 Å². The fourth-order valence-corrected chi connectivity index (χ4v) is 2.96. The molecule has 4 rings (SSSR count). The van der Waals surface area contributed by atoms with Crippen molar-refractivity contribution in [2.45, 2.75) is 6.92 Å². The molecule has 5 heteroatoms. The number of aromatic hydroxyl groups is 1. The lowest BCUT2D eigenvalue weighted by molar-refractivity contribution is 0.435. The second-order valence-electron chi connectivity index (χ2n) is 6.21. The van der Waals surface area contributed by atoms with E-state index >= 15 is 0 Å². The van der Waals surface area contributed by atoms with E-state index in [2.05, 4.69) is 9.98 Å². The summed E-state index contributed by atoms with van der Waals surface area (Å²) >= 11 is 0. The van der Waals surface area contributed by atoms with Crippen LogP contribution in [0.3, 0.4) is 0 Å². The summed E-state index contributed by atoms with van der Waals surface area (Å²) in [4.78, 5) is 21.6. The maximum Gasteiger partial charge on any atom is 0.267 e. The van der Waals surface area contributed by atoms with Gasteiger partial charge in [-0.25, -0.2) is 9.55 Å². The van der Waals surface area contributed by atoms with E-state index in [1.54, 1.807) is 48.8 Å². The zero-order valence-electron chi connectivity index (χ0n) is 14.7. The van der Waals surface area contributed by atoms with Crippen molar-refractivity contribution in [1.82, 2.24) is 9.55 Å². The van der Waals surface area contributed by atoms with Gasteiger partial charge in [-0.05, 0) is 37.3 Å². The van der Waals surface area contributed by atoms with Gasteiger partial charge < -0.3 is 5.11 Å². The third-order valence-electron chi connectivity index (χ3n) is 4.36. The van der Waals surface area contributed by atoms with Gasteiger partial charge in [0.05, 0.1) is 11.3 Å². The van der Waals surface area contributed by atoms with Crippen LogP contribution in [0.4, 0.5) is 5.69 Å². The van der Waals surface area contributed by atoms with Crippen molar-refractivity contribution in [3.8, 4) is 11.7 Å². The minimum Gasteiger partial charge on any atom is -0.494 e. The summed E-state index contributed by atoms with van der Waals surface area (Å²) in [6.07, 6.45) is 3.16. The molecule has 0 radical (unpaired) electrons. The lowest BCUT2D eigenvalue weighted by Gasteiger charge is -2.12. The van der Waals surface area contributed by atoms with Crippen LogP contribution in [0.25, 0.3) is 16.6 Å². The molecule has 0 saturated heterocycles. The van der Waals surface area contributed by atoms with Crippen molar-refractivity contribution in [2.75, 3.05) is 0 Å². The van der Waals surface area contributed by atoms with Crippen molar-refractivity contribution >= 4 is 22.7 Å².